The lowest BCUT2D eigenvalue weighted by Gasteiger charge is -2.17. The first-order valence-electron chi connectivity index (χ1n) is 30.5. The Labute approximate surface area is 539 Å². The van der Waals surface area contributed by atoms with Crippen molar-refractivity contribution in [3.8, 4) is 28.7 Å². The topological polar surface area (TPSA) is 348 Å². The Morgan fingerprint density at radius 1 is 0.426 bits per heavy atom. The van der Waals surface area contributed by atoms with Gasteiger partial charge in [-0.2, -0.15) is 0 Å². The van der Waals surface area contributed by atoms with Crippen molar-refractivity contribution in [3.63, 3.8) is 0 Å². The molecule has 0 unspecified atom stereocenters. The summed E-state index contributed by atoms with van der Waals surface area (Å²) in [7, 11) is 1.23. The molecule has 8 N–H and O–H groups in total. The monoisotopic (exact) mass is 1270 g/mol. The second kappa shape index (κ2) is 29.4. The van der Waals surface area contributed by atoms with Gasteiger partial charge in [-0.05, 0) is 98.3 Å². The molecule has 0 fully saturated rings. The van der Waals surface area contributed by atoms with Crippen LogP contribution in [0.4, 0.5) is 28.4 Å². The molecule has 10 rings (SSSR count). The van der Waals surface area contributed by atoms with Crippen LogP contribution in [0.3, 0.4) is 0 Å². The molecule has 5 heterocycles. The SMILES string of the molecule is COC(=O)c1cc(OCCCN)c2cccc(NC(=O)c3cc(OCC(C)C)c4cccc(NC(=O)c5cc(OCCCN)c6cccc(NC(=O)c7cc(OCC(C)C)c8cccc(NC(=O)c9cc(OCC(C)C)c%10cccc([N+](=O)[O-])c%10n9)c8n7)c6n5)c4n3)c2n1. The minimum absolute atomic E-state index is 0.0399. The molecular formula is C69H70N12O13. The van der Waals surface area contributed by atoms with Crippen LogP contribution in [0.2, 0.25) is 0 Å². The summed E-state index contributed by atoms with van der Waals surface area (Å²) in [6, 6.07) is 32.0. The number of aromatic nitrogens is 5. The van der Waals surface area contributed by atoms with Crippen LogP contribution in [-0.4, -0.2) is 113 Å². The highest BCUT2D eigenvalue weighted by molar-refractivity contribution is 6.15. The average Bonchev–Trinajstić information content (AvgIpc) is 0.817. The number of nitro benzene ring substituents is 1. The molecule has 25 nitrogen and oxygen atoms in total. The van der Waals surface area contributed by atoms with Gasteiger partial charge in [-0.3, -0.25) is 29.3 Å². The van der Waals surface area contributed by atoms with Gasteiger partial charge in [-0.1, -0.05) is 71.9 Å². The van der Waals surface area contributed by atoms with E-state index in [2.05, 4.69) is 31.2 Å². The zero-order chi connectivity index (χ0) is 66.7. The number of para-hydroxylation sites is 5. The van der Waals surface area contributed by atoms with Crippen molar-refractivity contribution >= 4 is 113 Å². The molecule has 25 heteroatoms. The molecule has 0 radical (unpaired) electrons. The Balaban J connectivity index is 0.995. The third kappa shape index (κ3) is 14.9. The number of nitrogens with two attached hydrogens (primary N) is 2. The minimum Gasteiger partial charge on any atom is -0.493 e. The number of carbonyl (C=O) groups excluding carboxylic acids is 5. The van der Waals surface area contributed by atoms with E-state index in [0.29, 0.717) is 64.4 Å². The van der Waals surface area contributed by atoms with Crippen molar-refractivity contribution in [2.45, 2.75) is 54.4 Å². The fraction of sp³-hybridized carbons (Fsp3) is 0.275. The van der Waals surface area contributed by atoms with E-state index in [-0.39, 0.29) is 153 Å². The van der Waals surface area contributed by atoms with Gasteiger partial charge in [0.1, 0.15) is 51.5 Å². The number of benzene rings is 5. The maximum absolute atomic E-state index is 14.8. The summed E-state index contributed by atoms with van der Waals surface area (Å²) in [6.45, 7) is 13.6. The number of hydrogen-bond acceptors (Lipinski definition) is 20. The molecule has 0 atom stereocenters. The van der Waals surface area contributed by atoms with Gasteiger partial charge < -0.3 is 61.2 Å². The second-order valence-electron chi connectivity index (χ2n) is 23.2. The van der Waals surface area contributed by atoms with E-state index in [1.807, 2.05) is 41.5 Å². The average molecular weight is 1280 g/mol. The Morgan fingerprint density at radius 2 is 0.702 bits per heavy atom. The van der Waals surface area contributed by atoms with Crippen LogP contribution in [0.25, 0.3) is 54.5 Å². The van der Waals surface area contributed by atoms with E-state index in [9.17, 15) is 34.1 Å². The molecule has 0 saturated heterocycles. The molecule has 0 aliphatic heterocycles. The number of nitrogens with one attached hydrogen (secondary N) is 4. The number of hydrogen-bond donors (Lipinski definition) is 6. The molecule has 94 heavy (non-hydrogen) atoms. The maximum atomic E-state index is 14.8. The lowest BCUT2D eigenvalue weighted by Crippen LogP contribution is -2.18. The van der Waals surface area contributed by atoms with Gasteiger partial charge >= 0.3 is 5.97 Å². The molecule has 0 spiro atoms. The van der Waals surface area contributed by atoms with Crippen molar-refractivity contribution in [1.82, 2.24) is 24.9 Å². The van der Waals surface area contributed by atoms with Gasteiger partial charge in [-0.25, -0.2) is 29.7 Å². The highest BCUT2D eigenvalue weighted by Crippen LogP contribution is 2.38. The van der Waals surface area contributed by atoms with E-state index < -0.39 is 34.5 Å². The molecule has 5 aromatic carbocycles. The standard InChI is InChI=1S/C69H70N12O13/c1-37(2)34-92-57-30-50(73-62-43(57)18-11-22-47(62)79-68(85)52-32-59(94-36-39(5)6)44-19-12-24-54(81(87)88)64(44)75-52)66(83)77-45-20-8-15-40-55(90-27-13-25-70)29-49(72-60(40)45)65(82)78-46-21-10-17-42-58(93-35-38(3)4)31-51(74-61(42)46)67(84)80-48-23-9-16-41-56(91-28-14-26-71)33-53(69(86)89-7)76-63(41)48/h8-12,15-24,29-33,37-39H,13-14,25-28,34-36,70-71H2,1-7H3,(H,77,83)(H,78,82)(H,79,85)(H,80,84). The Bertz CT molecular complexity index is 4580. The van der Waals surface area contributed by atoms with Gasteiger partial charge in [0.05, 0.1) is 89.9 Å². The number of ether oxygens (including phenoxy) is 6. The third-order valence-corrected chi connectivity index (χ3v) is 14.4. The van der Waals surface area contributed by atoms with Crippen LogP contribution in [-0.2, 0) is 4.74 Å². The highest BCUT2D eigenvalue weighted by Gasteiger charge is 2.26. The first kappa shape index (κ1) is 65.8. The predicted octanol–water partition coefficient (Wildman–Crippen LogP) is 11.7. The van der Waals surface area contributed by atoms with Crippen LogP contribution in [0.15, 0.2) is 121 Å². The van der Waals surface area contributed by atoms with Crippen LogP contribution < -0.4 is 56.4 Å². The smallest absolute Gasteiger partial charge is 0.356 e. The molecule has 0 aliphatic carbocycles. The molecular weight excluding hydrogens is 1200 g/mol. The summed E-state index contributed by atoms with van der Waals surface area (Å²) in [5.41, 5.74) is 12.2. The summed E-state index contributed by atoms with van der Waals surface area (Å²) < 4.78 is 36.0. The van der Waals surface area contributed by atoms with Crippen molar-refractivity contribution in [2.24, 2.45) is 29.2 Å². The maximum Gasteiger partial charge on any atom is 0.356 e. The largest absolute Gasteiger partial charge is 0.493 e. The number of pyridine rings is 5. The Morgan fingerprint density at radius 3 is 1.00 bits per heavy atom. The molecule has 0 bridgehead atoms. The number of anilines is 4. The Hall–Kier alpha value is -11.2. The van der Waals surface area contributed by atoms with Gasteiger partial charge in [0.25, 0.3) is 29.3 Å². The zero-order valence-electron chi connectivity index (χ0n) is 52.8. The molecule has 0 aliphatic rings. The van der Waals surface area contributed by atoms with Crippen LogP contribution in [0.1, 0.15) is 107 Å². The Kier molecular flexibility index (Phi) is 20.6. The summed E-state index contributed by atoms with van der Waals surface area (Å²) in [5.74, 6) is -1.97. The summed E-state index contributed by atoms with van der Waals surface area (Å²) >= 11 is 0. The van der Waals surface area contributed by atoms with Crippen LogP contribution in [0, 0.1) is 27.9 Å². The van der Waals surface area contributed by atoms with Crippen molar-refractivity contribution < 1.29 is 57.3 Å². The van der Waals surface area contributed by atoms with Crippen molar-refractivity contribution in [1.29, 1.82) is 0 Å². The van der Waals surface area contributed by atoms with Crippen molar-refractivity contribution in [3.05, 3.63) is 160 Å². The lowest BCUT2D eigenvalue weighted by molar-refractivity contribution is -0.383. The highest BCUT2D eigenvalue weighted by atomic mass is 16.6. The van der Waals surface area contributed by atoms with Crippen LogP contribution >= 0.6 is 0 Å². The zero-order valence-corrected chi connectivity index (χ0v) is 52.8. The van der Waals surface area contributed by atoms with E-state index in [4.69, 9.17) is 54.8 Å². The fourth-order valence-corrected chi connectivity index (χ4v) is 9.94. The van der Waals surface area contributed by atoms with Gasteiger partial charge in [-0.15, -0.1) is 0 Å². The number of amides is 4. The molecule has 0 saturated carbocycles. The van der Waals surface area contributed by atoms with Gasteiger partial charge in [0, 0.05) is 63.3 Å². The minimum atomic E-state index is -0.742. The van der Waals surface area contributed by atoms with E-state index in [1.54, 1.807) is 78.9 Å². The first-order valence-corrected chi connectivity index (χ1v) is 30.5. The molecule has 4 amide bonds. The number of nitro groups is 1. The van der Waals surface area contributed by atoms with E-state index in [1.165, 1.54) is 49.6 Å². The molecule has 5 aromatic heterocycles. The number of esters is 1. The summed E-state index contributed by atoms with van der Waals surface area (Å²) in [4.78, 5) is 106. The first-order chi connectivity index (χ1) is 45.3. The number of fused-ring (bicyclic) bond motifs is 5. The van der Waals surface area contributed by atoms with E-state index in [0.717, 1.165) is 0 Å². The normalized spacial score (nSPS) is 11.4. The van der Waals surface area contributed by atoms with E-state index >= 15 is 0 Å². The molecule has 10 aromatic rings. The summed E-state index contributed by atoms with van der Waals surface area (Å²) in [6.07, 6.45) is 1.00. The van der Waals surface area contributed by atoms with Crippen LogP contribution in [0.5, 0.6) is 28.7 Å². The van der Waals surface area contributed by atoms with Crippen molar-refractivity contribution in [2.75, 3.05) is 74.5 Å². The number of nitrogens with zero attached hydrogens (tertiary/aromatic N) is 6. The summed E-state index contributed by atoms with van der Waals surface area (Å²) in [5, 5.41) is 26.1. The number of carbonyl (C=O) groups is 5. The lowest BCUT2D eigenvalue weighted by atomic mass is 10.1. The third-order valence-electron chi connectivity index (χ3n) is 14.4. The predicted molar refractivity (Wildman–Crippen MR) is 358 cm³/mol. The quantitative estimate of drug-likeness (QED) is 0.0121. The van der Waals surface area contributed by atoms with Gasteiger partial charge in [0.2, 0.25) is 0 Å². The molecule has 484 valence electrons. The second-order valence-corrected chi connectivity index (χ2v) is 23.2. The van der Waals surface area contributed by atoms with Gasteiger partial charge in [0.15, 0.2) is 11.2 Å². The fourth-order valence-electron chi connectivity index (χ4n) is 9.94. The number of non-ortho nitro benzene ring substituents is 1. The number of rotatable bonds is 27. The number of methoxy groups -OCH3 is 1.